The van der Waals surface area contributed by atoms with Gasteiger partial charge in [-0.3, -0.25) is 14.5 Å². The van der Waals surface area contributed by atoms with E-state index in [1.165, 1.54) is 23.2 Å². The minimum Gasteiger partial charge on any atom is -0.481 e. The second-order valence-corrected chi connectivity index (χ2v) is 6.26. The molecule has 2 aromatic rings. The first kappa shape index (κ1) is 19.7. The highest BCUT2D eigenvalue weighted by atomic mass is 19.4. The van der Waals surface area contributed by atoms with Crippen LogP contribution in [-0.2, 0) is 15.8 Å². The number of aromatic nitrogens is 1. The van der Waals surface area contributed by atoms with Crippen molar-refractivity contribution in [2.24, 2.45) is 0 Å². The van der Waals surface area contributed by atoms with Gasteiger partial charge in [-0.25, -0.2) is 4.98 Å². The van der Waals surface area contributed by atoms with Crippen LogP contribution < -0.4 is 15.0 Å². The van der Waals surface area contributed by atoms with Gasteiger partial charge < -0.3 is 10.1 Å². The fourth-order valence-corrected chi connectivity index (χ4v) is 2.86. The molecule has 0 saturated carbocycles. The van der Waals surface area contributed by atoms with Gasteiger partial charge in [0.15, 0.2) is 11.9 Å². The number of nitrogens with one attached hydrogen (secondary N) is 1. The zero-order chi connectivity index (χ0) is 20.3. The van der Waals surface area contributed by atoms with E-state index >= 15 is 0 Å². The van der Waals surface area contributed by atoms with Crippen molar-refractivity contribution in [3.63, 3.8) is 0 Å². The first-order valence-electron chi connectivity index (χ1n) is 8.69. The first-order chi connectivity index (χ1) is 13.3. The van der Waals surface area contributed by atoms with Crippen molar-refractivity contribution in [1.29, 1.82) is 0 Å². The first-order valence-corrected chi connectivity index (χ1v) is 8.69. The number of ether oxygens (including phenoxy) is 1. The SMILES string of the molecule is CCCC(Oc1ccc(C(F)(F)F)cc1)C(=O)N1CC(=O)Nc2cccnc21. The van der Waals surface area contributed by atoms with Gasteiger partial charge in [0.05, 0.1) is 11.3 Å². The summed E-state index contributed by atoms with van der Waals surface area (Å²) in [5.74, 6) is -0.387. The van der Waals surface area contributed by atoms with E-state index in [4.69, 9.17) is 4.74 Å². The van der Waals surface area contributed by atoms with Crippen molar-refractivity contribution in [2.45, 2.75) is 32.0 Å². The normalized spacial score (nSPS) is 14.9. The maximum atomic E-state index is 13.0. The number of carbonyl (C=O) groups is 2. The van der Waals surface area contributed by atoms with Gasteiger partial charge in [0.25, 0.3) is 5.91 Å². The molecular weight excluding hydrogens is 375 g/mol. The van der Waals surface area contributed by atoms with Crippen LogP contribution in [0.5, 0.6) is 5.75 Å². The molecule has 3 rings (SSSR count). The molecule has 1 aromatic carbocycles. The van der Waals surface area contributed by atoms with Crippen LogP contribution in [0.15, 0.2) is 42.6 Å². The van der Waals surface area contributed by atoms with Crippen molar-refractivity contribution >= 4 is 23.3 Å². The fraction of sp³-hybridized carbons (Fsp3) is 0.316. The fourth-order valence-electron chi connectivity index (χ4n) is 2.86. The van der Waals surface area contributed by atoms with Crippen molar-refractivity contribution < 1.29 is 27.5 Å². The number of anilines is 2. The summed E-state index contributed by atoms with van der Waals surface area (Å²) in [5, 5.41) is 2.64. The quantitative estimate of drug-likeness (QED) is 0.842. The number of carbonyl (C=O) groups excluding carboxylic acids is 2. The topological polar surface area (TPSA) is 71.5 Å². The second-order valence-electron chi connectivity index (χ2n) is 6.26. The van der Waals surface area contributed by atoms with Crippen molar-refractivity contribution in [3.05, 3.63) is 48.2 Å². The summed E-state index contributed by atoms with van der Waals surface area (Å²) < 4.78 is 43.8. The molecule has 148 valence electrons. The van der Waals surface area contributed by atoms with Gasteiger partial charge >= 0.3 is 6.18 Å². The van der Waals surface area contributed by atoms with Gasteiger partial charge in [-0.2, -0.15) is 13.2 Å². The van der Waals surface area contributed by atoms with E-state index in [2.05, 4.69) is 10.3 Å². The lowest BCUT2D eigenvalue weighted by atomic mass is 10.1. The van der Waals surface area contributed by atoms with Crippen LogP contribution in [0.1, 0.15) is 25.3 Å². The summed E-state index contributed by atoms with van der Waals surface area (Å²) in [6, 6.07) is 7.41. The molecule has 0 bridgehead atoms. The van der Waals surface area contributed by atoms with Crippen molar-refractivity contribution in [2.75, 3.05) is 16.8 Å². The molecule has 1 aliphatic heterocycles. The molecule has 28 heavy (non-hydrogen) atoms. The Balaban J connectivity index is 1.82. The molecule has 1 atom stereocenters. The molecule has 6 nitrogen and oxygen atoms in total. The van der Waals surface area contributed by atoms with Gasteiger partial charge in [-0.1, -0.05) is 13.3 Å². The number of rotatable bonds is 5. The maximum Gasteiger partial charge on any atom is 0.416 e. The smallest absolute Gasteiger partial charge is 0.416 e. The third-order valence-electron chi connectivity index (χ3n) is 4.17. The predicted octanol–water partition coefficient (Wildman–Crippen LogP) is 3.63. The van der Waals surface area contributed by atoms with Crippen LogP contribution in [-0.4, -0.2) is 29.4 Å². The number of pyridine rings is 1. The molecule has 1 aromatic heterocycles. The zero-order valence-electron chi connectivity index (χ0n) is 15.0. The third-order valence-corrected chi connectivity index (χ3v) is 4.17. The standard InChI is InChI=1S/C19H18F3N3O3/c1-2-4-15(28-13-8-6-12(7-9-13)19(20,21)22)18(27)25-11-16(26)24-14-5-3-10-23-17(14)25/h3,5-10,15H,2,4,11H2,1H3,(H,24,26). The van der Waals surface area contributed by atoms with Crippen LogP contribution in [0.4, 0.5) is 24.7 Å². The summed E-state index contributed by atoms with van der Waals surface area (Å²) in [6.45, 7) is 1.64. The van der Waals surface area contributed by atoms with Crippen LogP contribution in [0.2, 0.25) is 0 Å². The van der Waals surface area contributed by atoms with Gasteiger partial charge in [0.2, 0.25) is 5.91 Å². The van der Waals surface area contributed by atoms with Crippen LogP contribution >= 0.6 is 0 Å². The van der Waals surface area contributed by atoms with E-state index in [9.17, 15) is 22.8 Å². The summed E-state index contributed by atoms with van der Waals surface area (Å²) in [4.78, 5) is 30.3. The molecule has 1 aliphatic rings. The van der Waals surface area contributed by atoms with Gasteiger partial charge in [-0.15, -0.1) is 0 Å². The second kappa shape index (κ2) is 7.87. The minimum atomic E-state index is -4.45. The molecule has 2 amide bonds. The van der Waals surface area contributed by atoms with E-state index in [0.717, 1.165) is 12.1 Å². The Bertz CT molecular complexity index is 869. The largest absolute Gasteiger partial charge is 0.481 e. The van der Waals surface area contributed by atoms with Gasteiger partial charge in [0, 0.05) is 6.20 Å². The summed E-state index contributed by atoms with van der Waals surface area (Å²) >= 11 is 0. The highest BCUT2D eigenvalue weighted by molar-refractivity contribution is 6.10. The Morgan fingerprint density at radius 2 is 2.00 bits per heavy atom. The predicted molar refractivity (Wildman–Crippen MR) is 96.0 cm³/mol. The van der Waals surface area contributed by atoms with E-state index in [0.29, 0.717) is 24.3 Å². The number of amides is 2. The highest BCUT2D eigenvalue weighted by Gasteiger charge is 2.34. The van der Waals surface area contributed by atoms with Gasteiger partial charge in [-0.05, 0) is 42.8 Å². The third kappa shape index (κ3) is 4.24. The highest BCUT2D eigenvalue weighted by Crippen LogP contribution is 2.31. The van der Waals surface area contributed by atoms with E-state index in [-0.39, 0.29) is 18.2 Å². The van der Waals surface area contributed by atoms with Crippen molar-refractivity contribution in [3.8, 4) is 5.75 Å². The maximum absolute atomic E-state index is 13.0. The van der Waals surface area contributed by atoms with Crippen LogP contribution in [0, 0.1) is 0 Å². The lowest BCUT2D eigenvalue weighted by Gasteiger charge is -2.30. The van der Waals surface area contributed by atoms with Crippen molar-refractivity contribution in [1.82, 2.24) is 4.98 Å². The summed E-state index contributed by atoms with van der Waals surface area (Å²) in [7, 11) is 0. The zero-order valence-corrected chi connectivity index (χ0v) is 15.0. The summed E-state index contributed by atoms with van der Waals surface area (Å²) in [6.07, 6.45) is -2.97. The Labute approximate surface area is 159 Å². The Hall–Kier alpha value is -3.10. The number of nitrogens with zero attached hydrogens (tertiary/aromatic N) is 2. The summed E-state index contributed by atoms with van der Waals surface area (Å²) in [5.41, 5.74) is -0.388. The average molecular weight is 393 g/mol. The number of hydrogen-bond donors (Lipinski definition) is 1. The monoisotopic (exact) mass is 393 g/mol. The molecule has 0 spiro atoms. The number of alkyl halides is 3. The molecule has 0 radical (unpaired) electrons. The lowest BCUT2D eigenvalue weighted by Crippen LogP contribution is -2.48. The molecule has 1 N–H and O–H groups in total. The number of fused-ring (bicyclic) bond motifs is 1. The van der Waals surface area contributed by atoms with E-state index in [1.807, 2.05) is 6.92 Å². The number of benzene rings is 1. The number of halogens is 3. The Kier molecular flexibility index (Phi) is 5.53. The Morgan fingerprint density at radius 3 is 2.64 bits per heavy atom. The Morgan fingerprint density at radius 1 is 1.29 bits per heavy atom. The average Bonchev–Trinajstić information content (AvgIpc) is 2.66. The van der Waals surface area contributed by atoms with Crippen LogP contribution in [0.3, 0.4) is 0 Å². The molecule has 9 heteroatoms. The molecule has 1 unspecified atom stereocenters. The van der Waals surface area contributed by atoms with Gasteiger partial charge in [0.1, 0.15) is 12.3 Å². The van der Waals surface area contributed by atoms with E-state index < -0.39 is 23.8 Å². The molecule has 0 aliphatic carbocycles. The van der Waals surface area contributed by atoms with E-state index in [1.54, 1.807) is 12.1 Å². The molecule has 2 heterocycles. The molecule has 0 fully saturated rings. The molecule has 0 saturated heterocycles. The van der Waals surface area contributed by atoms with Crippen LogP contribution in [0.25, 0.3) is 0 Å². The molecular formula is C19H18F3N3O3. The minimum absolute atomic E-state index is 0.141. The lowest BCUT2D eigenvalue weighted by molar-refractivity contribution is -0.137. The number of hydrogen-bond acceptors (Lipinski definition) is 4.